The quantitative estimate of drug-likeness (QED) is 0.812. The van der Waals surface area contributed by atoms with Crippen molar-refractivity contribution in [1.29, 1.82) is 0 Å². The monoisotopic (exact) mass is 281 g/mol. The average Bonchev–Trinajstić information content (AvgIpc) is 2.37. The third-order valence-corrected chi connectivity index (χ3v) is 3.49. The third kappa shape index (κ3) is 3.62. The number of aromatic nitrogens is 2. The molecule has 0 bridgehead atoms. The van der Waals surface area contributed by atoms with Crippen LogP contribution in [-0.2, 0) is 12.8 Å². The lowest BCUT2D eigenvalue weighted by atomic mass is 10.0. The van der Waals surface area contributed by atoms with E-state index in [0.717, 1.165) is 36.1 Å². The van der Waals surface area contributed by atoms with Crippen molar-refractivity contribution >= 4 is 17.2 Å². The highest BCUT2D eigenvalue weighted by atomic mass is 32.1. The zero-order valence-corrected chi connectivity index (χ0v) is 13.2. The first kappa shape index (κ1) is 15.8. The molecule has 0 aliphatic rings. The fraction of sp³-hybridized carbons (Fsp3) is 0.643. The predicted octanol–water partition coefficient (Wildman–Crippen LogP) is 2.80. The SMILES string of the molecule is CCc1nnc(OC(C)(C)CC)c(C(N)=S)c1CC. The van der Waals surface area contributed by atoms with Crippen LogP contribution >= 0.6 is 12.2 Å². The molecular weight excluding hydrogens is 258 g/mol. The van der Waals surface area contributed by atoms with E-state index in [9.17, 15) is 0 Å². The number of nitrogens with two attached hydrogens (primary N) is 1. The topological polar surface area (TPSA) is 61.0 Å². The van der Waals surface area contributed by atoms with Crippen LogP contribution in [-0.4, -0.2) is 20.8 Å². The molecule has 19 heavy (non-hydrogen) atoms. The van der Waals surface area contributed by atoms with Crippen LogP contribution in [0.3, 0.4) is 0 Å². The highest BCUT2D eigenvalue weighted by molar-refractivity contribution is 7.80. The van der Waals surface area contributed by atoms with Crippen LogP contribution < -0.4 is 10.5 Å². The van der Waals surface area contributed by atoms with E-state index in [0.29, 0.717) is 10.9 Å². The Balaban J connectivity index is 3.36. The van der Waals surface area contributed by atoms with Gasteiger partial charge in [-0.15, -0.1) is 5.10 Å². The Morgan fingerprint density at radius 1 is 1.21 bits per heavy atom. The summed E-state index contributed by atoms with van der Waals surface area (Å²) >= 11 is 5.17. The number of ether oxygens (including phenoxy) is 1. The average molecular weight is 281 g/mol. The molecule has 2 N–H and O–H groups in total. The van der Waals surface area contributed by atoms with E-state index in [4.69, 9.17) is 22.7 Å². The minimum atomic E-state index is -0.313. The molecule has 1 rings (SSSR count). The molecule has 0 saturated heterocycles. The van der Waals surface area contributed by atoms with Crippen molar-refractivity contribution in [2.45, 2.75) is 59.5 Å². The second kappa shape index (κ2) is 6.28. The van der Waals surface area contributed by atoms with Crippen LogP contribution in [0.15, 0.2) is 0 Å². The maximum Gasteiger partial charge on any atom is 0.244 e. The van der Waals surface area contributed by atoms with E-state index < -0.39 is 0 Å². The molecule has 0 atom stereocenters. The van der Waals surface area contributed by atoms with Gasteiger partial charge in [-0.3, -0.25) is 0 Å². The van der Waals surface area contributed by atoms with Crippen LogP contribution in [0.2, 0.25) is 0 Å². The predicted molar refractivity (Wildman–Crippen MR) is 81.7 cm³/mol. The van der Waals surface area contributed by atoms with Crippen molar-refractivity contribution < 1.29 is 4.74 Å². The molecule has 5 heteroatoms. The van der Waals surface area contributed by atoms with Crippen LogP contribution in [0.4, 0.5) is 0 Å². The van der Waals surface area contributed by atoms with Crippen molar-refractivity contribution in [3.05, 3.63) is 16.8 Å². The van der Waals surface area contributed by atoms with Gasteiger partial charge in [-0.2, -0.15) is 5.10 Å². The Bertz CT molecular complexity index is 472. The maximum absolute atomic E-state index is 5.94. The maximum atomic E-state index is 5.94. The normalized spacial score (nSPS) is 11.4. The van der Waals surface area contributed by atoms with Gasteiger partial charge in [0.25, 0.3) is 0 Å². The lowest BCUT2D eigenvalue weighted by Crippen LogP contribution is -2.30. The van der Waals surface area contributed by atoms with Crippen molar-refractivity contribution in [2.24, 2.45) is 5.73 Å². The molecule has 0 saturated carbocycles. The number of hydrogen-bond acceptors (Lipinski definition) is 4. The summed E-state index contributed by atoms with van der Waals surface area (Å²) in [5, 5.41) is 8.41. The second-order valence-electron chi connectivity index (χ2n) is 5.09. The molecule has 0 amide bonds. The summed E-state index contributed by atoms with van der Waals surface area (Å²) in [5.41, 5.74) is 8.27. The number of aryl methyl sites for hydroxylation is 1. The van der Waals surface area contributed by atoms with Crippen molar-refractivity contribution in [3.8, 4) is 5.88 Å². The Morgan fingerprint density at radius 3 is 2.26 bits per heavy atom. The summed E-state index contributed by atoms with van der Waals surface area (Å²) in [6, 6.07) is 0. The van der Waals surface area contributed by atoms with Crippen molar-refractivity contribution in [2.75, 3.05) is 0 Å². The van der Waals surface area contributed by atoms with Gasteiger partial charge in [-0.1, -0.05) is 33.0 Å². The molecule has 0 aliphatic heterocycles. The summed E-state index contributed by atoms with van der Waals surface area (Å²) in [4.78, 5) is 0.323. The number of hydrogen-bond donors (Lipinski definition) is 1. The van der Waals surface area contributed by atoms with E-state index >= 15 is 0 Å². The van der Waals surface area contributed by atoms with Gasteiger partial charge in [0.15, 0.2) is 0 Å². The van der Waals surface area contributed by atoms with E-state index in [-0.39, 0.29) is 5.60 Å². The highest BCUT2D eigenvalue weighted by Gasteiger charge is 2.24. The largest absolute Gasteiger partial charge is 0.470 e. The molecule has 0 radical (unpaired) electrons. The first-order chi connectivity index (χ1) is 8.86. The Hall–Kier alpha value is -1.23. The molecule has 1 aromatic rings. The Kier molecular flexibility index (Phi) is 5.23. The van der Waals surface area contributed by atoms with E-state index in [2.05, 4.69) is 24.0 Å². The summed E-state index contributed by atoms with van der Waals surface area (Å²) in [7, 11) is 0. The zero-order chi connectivity index (χ0) is 14.6. The molecule has 0 unspecified atom stereocenters. The smallest absolute Gasteiger partial charge is 0.244 e. The summed E-state index contributed by atoms with van der Waals surface area (Å²) in [6.45, 7) is 10.2. The van der Waals surface area contributed by atoms with Gasteiger partial charge < -0.3 is 10.5 Å². The first-order valence-corrected chi connectivity index (χ1v) is 7.14. The molecule has 0 fully saturated rings. The van der Waals surface area contributed by atoms with Crippen molar-refractivity contribution in [3.63, 3.8) is 0 Å². The van der Waals surface area contributed by atoms with E-state index in [1.165, 1.54) is 0 Å². The Morgan fingerprint density at radius 2 is 1.84 bits per heavy atom. The molecule has 4 nitrogen and oxygen atoms in total. The van der Waals surface area contributed by atoms with Crippen LogP contribution in [0.1, 0.15) is 57.9 Å². The molecule has 0 spiro atoms. The van der Waals surface area contributed by atoms with Gasteiger partial charge in [0.2, 0.25) is 5.88 Å². The van der Waals surface area contributed by atoms with Gasteiger partial charge in [-0.05, 0) is 38.7 Å². The fourth-order valence-corrected chi connectivity index (χ4v) is 2.02. The second-order valence-corrected chi connectivity index (χ2v) is 5.53. The third-order valence-electron chi connectivity index (χ3n) is 3.28. The van der Waals surface area contributed by atoms with Crippen LogP contribution in [0.25, 0.3) is 0 Å². The van der Waals surface area contributed by atoms with Gasteiger partial charge in [0, 0.05) is 0 Å². The summed E-state index contributed by atoms with van der Waals surface area (Å²) < 4.78 is 5.94. The van der Waals surface area contributed by atoms with Crippen LogP contribution in [0, 0.1) is 0 Å². The highest BCUT2D eigenvalue weighted by Crippen LogP contribution is 2.26. The van der Waals surface area contributed by atoms with Crippen molar-refractivity contribution in [1.82, 2.24) is 10.2 Å². The van der Waals surface area contributed by atoms with Gasteiger partial charge >= 0.3 is 0 Å². The number of nitrogens with zero attached hydrogens (tertiary/aromatic N) is 2. The summed E-state index contributed by atoms with van der Waals surface area (Å²) in [5.74, 6) is 0.452. The molecular formula is C14H23N3OS. The van der Waals surface area contributed by atoms with Gasteiger partial charge in [0.1, 0.15) is 10.6 Å². The molecule has 0 aromatic carbocycles. The lowest BCUT2D eigenvalue weighted by Gasteiger charge is -2.26. The Labute approximate surface area is 120 Å². The van der Waals surface area contributed by atoms with E-state index in [1.807, 2.05) is 20.8 Å². The lowest BCUT2D eigenvalue weighted by molar-refractivity contribution is 0.0971. The first-order valence-electron chi connectivity index (χ1n) is 6.73. The minimum absolute atomic E-state index is 0.313. The van der Waals surface area contributed by atoms with E-state index in [1.54, 1.807) is 0 Å². The van der Waals surface area contributed by atoms with Gasteiger partial charge in [0.05, 0.1) is 11.3 Å². The summed E-state index contributed by atoms with van der Waals surface area (Å²) in [6.07, 6.45) is 2.49. The minimum Gasteiger partial charge on any atom is -0.470 e. The number of rotatable bonds is 6. The van der Waals surface area contributed by atoms with Gasteiger partial charge in [-0.25, -0.2) is 0 Å². The van der Waals surface area contributed by atoms with Crippen LogP contribution in [0.5, 0.6) is 5.88 Å². The fourth-order valence-electron chi connectivity index (χ4n) is 1.81. The molecule has 106 valence electrons. The molecule has 1 aromatic heterocycles. The molecule has 1 heterocycles. The number of thiocarbonyl (C=S) groups is 1. The zero-order valence-electron chi connectivity index (χ0n) is 12.4. The molecule has 0 aliphatic carbocycles. The standard InChI is InChI=1S/C14H23N3OS/c1-6-9-10(7-2)16-17-13(11(9)12(15)19)18-14(4,5)8-3/h6-8H2,1-5H3,(H2,15,19).